The van der Waals surface area contributed by atoms with E-state index < -0.39 is 0 Å². The molecule has 4 rings (SSSR count). The third-order valence-electron chi connectivity index (χ3n) is 6.08. The van der Waals surface area contributed by atoms with Crippen LogP contribution in [0.25, 0.3) is 11.4 Å². The first-order chi connectivity index (χ1) is 15.0. The Balaban J connectivity index is 1.42. The van der Waals surface area contributed by atoms with Gasteiger partial charge in [0.2, 0.25) is 5.91 Å². The fraction of sp³-hybridized carbons (Fsp3) is 0.346. The molecule has 2 heterocycles. The summed E-state index contributed by atoms with van der Waals surface area (Å²) < 4.78 is 0. The van der Waals surface area contributed by atoms with Crippen molar-refractivity contribution in [2.45, 2.75) is 33.6 Å². The molecule has 0 aliphatic carbocycles. The zero-order valence-electron chi connectivity index (χ0n) is 18.6. The number of rotatable bonds is 5. The van der Waals surface area contributed by atoms with E-state index in [-0.39, 0.29) is 5.91 Å². The van der Waals surface area contributed by atoms with Crippen molar-refractivity contribution >= 4 is 11.7 Å². The lowest BCUT2D eigenvalue weighted by Gasteiger charge is -2.36. The molecule has 0 saturated carbocycles. The highest BCUT2D eigenvalue weighted by Gasteiger charge is 2.24. The quantitative estimate of drug-likeness (QED) is 0.623. The minimum absolute atomic E-state index is 0.236. The first-order valence-corrected chi connectivity index (χ1v) is 11.0. The third-order valence-corrected chi connectivity index (χ3v) is 6.08. The molecule has 3 aromatic rings. The molecule has 1 amide bonds. The average molecular weight is 415 g/mol. The van der Waals surface area contributed by atoms with Crippen molar-refractivity contribution in [2.75, 3.05) is 31.1 Å². The summed E-state index contributed by atoms with van der Waals surface area (Å²) >= 11 is 0. The molecule has 1 aliphatic rings. The Morgan fingerprint density at radius 1 is 0.871 bits per heavy atom. The number of hydrogen-bond acceptors (Lipinski definition) is 4. The average Bonchev–Trinajstić information content (AvgIpc) is 2.80. The summed E-state index contributed by atoms with van der Waals surface area (Å²) in [6, 6.07) is 18.5. The van der Waals surface area contributed by atoms with E-state index in [1.165, 1.54) is 11.1 Å². The van der Waals surface area contributed by atoms with Gasteiger partial charge in [-0.05, 0) is 32.8 Å². The van der Waals surface area contributed by atoms with E-state index >= 15 is 0 Å². The number of aryl methyl sites for hydroxylation is 3. The number of hydrogen-bond donors (Lipinski definition) is 0. The zero-order valence-corrected chi connectivity index (χ0v) is 18.6. The molecule has 0 bridgehead atoms. The van der Waals surface area contributed by atoms with Gasteiger partial charge in [0.05, 0.1) is 0 Å². The van der Waals surface area contributed by atoms with Crippen LogP contribution in [0.1, 0.15) is 28.8 Å². The maximum Gasteiger partial charge on any atom is 0.223 e. The third kappa shape index (κ3) is 4.93. The lowest BCUT2D eigenvalue weighted by molar-refractivity contribution is -0.131. The molecule has 2 aromatic carbocycles. The van der Waals surface area contributed by atoms with Gasteiger partial charge in [-0.15, -0.1) is 0 Å². The number of carbonyl (C=O) groups is 1. The summed E-state index contributed by atoms with van der Waals surface area (Å²) in [5.41, 5.74) is 5.58. The van der Waals surface area contributed by atoms with Crippen molar-refractivity contribution in [3.05, 3.63) is 77.0 Å². The van der Waals surface area contributed by atoms with Gasteiger partial charge in [-0.2, -0.15) is 0 Å². The van der Waals surface area contributed by atoms with Crippen LogP contribution in [0.15, 0.2) is 54.6 Å². The molecule has 0 atom stereocenters. The second-order valence-corrected chi connectivity index (χ2v) is 8.30. The minimum atomic E-state index is 0.236. The topological polar surface area (TPSA) is 49.3 Å². The van der Waals surface area contributed by atoms with Crippen LogP contribution in [-0.2, 0) is 11.2 Å². The van der Waals surface area contributed by atoms with Gasteiger partial charge in [0.25, 0.3) is 0 Å². The molecule has 0 radical (unpaired) electrons. The fourth-order valence-electron chi connectivity index (χ4n) is 3.98. The van der Waals surface area contributed by atoms with Crippen LogP contribution in [-0.4, -0.2) is 47.0 Å². The number of piperazine rings is 1. The van der Waals surface area contributed by atoms with Crippen molar-refractivity contribution in [1.29, 1.82) is 0 Å². The van der Waals surface area contributed by atoms with Gasteiger partial charge in [0.15, 0.2) is 5.82 Å². The van der Waals surface area contributed by atoms with Gasteiger partial charge in [-0.25, -0.2) is 9.97 Å². The van der Waals surface area contributed by atoms with Crippen LogP contribution in [0.5, 0.6) is 0 Å². The molecule has 0 unspecified atom stereocenters. The second-order valence-electron chi connectivity index (χ2n) is 8.30. The number of amides is 1. The highest BCUT2D eigenvalue weighted by molar-refractivity contribution is 5.77. The van der Waals surface area contributed by atoms with Gasteiger partial charge >= 0.3 is 0 Å². The number of nitrogens with zero attached hydrogens (tertiary/aromatic N) is 4. The zero-order chi connectivity index (χ0) is 21.8. The van der Waals surface area contributed by atoms with E-state index in [9.17, 15) is 4.79 Å². The van der Waals surface area contributed by atoms with Crippen LogP contribution in [0.4, 0.5) is 5.82 Å². The molecule has 0 N–H and O–H groups in total. The number of carbonyl (C=O) groups excluding carboxylic acids is 1. The highest BCUT2D eigenvalue weighted by atomic mass is 16.2. The van der Waals surface area contributed by atoms with Crippen LogP contribution in [0.2, 0.25) is 0 Å². The van der Waals surface area contributed by atoms with Crippen LogP contribution < -0.4 is 4.90 Å². The molecular weight excluding hydrogens is 384 g/mol. The number of anilines is 1. The maximum atomic E-state index is 12.7. The highest BCUT2D eigenvalue weighted by Crippen LogP contribution is 2.25. The van der Waals surface area contributed by atoms with Crippen molar-refractivity contribution in [2.24, 2.45) is 0 Å². The molecule has 31 heavy (non-hydrogen) atoms. The Morgan fingerprint density at radius 2 is 1.55 bits per heavy atom. The van der Waals surface area contributed by atoms with E-state index in [0.29, 0.717) is 6.42 Å². The number of benzene rings is 2. The molecule has 1 aliphatic heterocycles. The minimum Gasteiger partial charge on any atom is -0.353 e. The van der Waals surface area contributed by atoms with Gasteiger partial charge < -0.3 is 9.80 Å². The lowest BCUT2D eigenvalue weighted by Crippen LogP contribution is -2.49. The molecule has 0 spiro atoms. The van der Waals surface area contributed by atoms with E-state index in [1.807, 2.05) is 30.0 Å². The Labute approximate surface area is 184 Å². The largest absolute Gasteiger partial charge is 0.353 e. The number of aromatic nitrogens is 2. The van der Waals surface area contributed by atoms with Crippen molar-refractivity contribution in [3.8, 4) is 11.4 Å². The summed E-state index contributed by atoms with van der Waals surface area (Å²) in [4.78, 5) is 26.6. The Bertz CT molecular complexity index is 1040. The standard InChI is InChI=1S/C26H30N4O/c1-19-9-12-23(13-10-19)25-27-21(3)20(2)26(28-25)30-17-15-29(16-18-30)24(31)14-11-22-7-5-4-6-8-22/h4-10,12-13H,11,14-18H2,1-3H3. The maximum absolute atomic E-state index is 12.7. The predicted octanol–water partition coefficient (Wildman–Crippen LogP) is 4.35. The Hall–Kier alpha value is -3.21. The van der Waals surface area contributed by atoms with Gasteiger partial charge in [-0.1, -0.05) is 60.2 Å². The molecule has 1 aromatic heterocycles. The first kappa shape index (κ1) is 21.0. The fourth-order valence-corrected chi connectivity index (χ4v) is 3.98. The second kappa shape index (κ2) is 9.29. The first-order valence-electron chi connectivity index (χ1n) is 11.0. The Morgan fingerprint density at radius 3 is 2.23 bits per heavy atom. The summed E-state index contributed by atoms with van der Waals surface area (Å²) in [7, 11) is 0. The summed E-state index contributed by atoms with van der Waals surface area (Å²) in [6.07, 6.45) is 1.36. The van der Waals surface area contributed by atoms with Crippen LogP contribution in [0, 0.1) is 20.8 Å². The van der Waals surface area contributed by atoms with Gasteiger partial charge in [-0.3, -0.25) is 4.79 Å². The molecule has 5 heteroatoms. The van der Waals surface area contributed by atoms with E-state index in [0.717, 1.165) is 61.1 Å². The van der Waals surface area contributed by atoms with E-state index in [2.05, 4.69) is 55.1 Å². The molecule has 5 nitrogen and oxygen atoms in total. The van der Waals surface area contributed by atoms with Gasteiger partial charge in [0.1, 0.15) is 5.82 Å². The molecule has 160 valence electrons. The van der Waals surface area contributed by atoms with Crippen molar-refractivity contribution in [1.82, 2.24) is 14.9 Å². The molecule has 1 saturated heterocycles. The molecular formula is C26H30N4O. The van der Waals surface area contributed by atoms with Crippen molar-refractivity contribution in [3.63, 3.8) is 0 Å². The van der Waals surface area contributed by atoms with Crippen molar-refractivity contribution < 1.29 is 4.79 Å². The predicted molar refractivity (Wildman–Crippen MR) is 125 cm³/mol. The van der Waals surface area contributed by atoms with Crippen LogP contribution in [0.3, 0.4) is 0 Å². The summed E-state index contributed by atoms with van der Waals surface area (Å²) in [6.45, 7) is 9.26. The van der Waals surface area contributed by atoms with E-state index in [4.69, 9.17) is 9.97 Å². The SMILES string of the molecule is Cc1ccc(-c2nc(C)c(C)c(N3CCN(C(=O)CCc4ccccc4)CC3)n2)cc1. The Kier molecular flexibility index (Phi) is 6.31. The summed E-state index contributed by atoms with van der Waals surface area (Å²) in [5.74, 6) is 1.98. The lowest BCUT2D eigenvalue weighted by atomic mass is 10.1. The smallest absolute Gasteiger partial charge is 0.223 e. The van der Waals surface area contributed by atoms with Crippen LogP contribution >= 0.6 is 0 Å². The summed E-state index contributed by atoms with van der Waals surface area (Å²) in [5, 5.41) is 0. The molecule has 1 fully saturated rings. The monoisotopic (exact) mass is 414 g/mol. The van der Waals surface area contributed by atoms with Gasteiger partial charge in [0, 0.05) is 49.4 Å². The normalized spacial score (nSPS) is 14.0. The van der Waals surface area contributed by atoms with E-state index in [1.54, 1.807) is 0 Å².